The Bertz CT molecular complexity index is 693. The first kappa shape index (κ1) is 7.09. The zero-order chi connectivity index (χ0) is 20.9. The minimum absolute atomic E-state index is 0.0575. The molecule has 0 unspecified atom stereocenters. The van der Waals surface area contributed by atoms with Crippen molar-refractivity contribution in [1.82, 2.24) is 4.90 Å². The van der Waals surface area contributed by atoms with Crippen LogP contribution in [0.2, 0.25) is 0 Å². The summed E-state index contributed by atoms with van der Waals surface area (Å²) in [6.45, 7) is -2.36. The van der Waals surface area contributed by atoms with E-state index in [-0.39, 0.29) is 30.6 Å². The Morgan fingerprint density at radius 3 is 3.21 bits per heavy atom. The largest absolute Gasteiger partial charge is 0.497 e. The van der Waals surface area contributed by atoms with Gasteiger partial charge in [0.05, 0.1) is 16.8 Å². The Morgan fingerprint density at radius 2 is 2.47 bits per heavy atom. The fourth-order valence-corrected chi connectivity index (χ4v) is 2.29. The highest BCUT2D eigenvalue weighted by Gasteiger charge is 2.40. The first-order chi connectivity index (χ1) is 12.1. The molecule has 0 radical (unpaired) electrons. The van der Waals surface area contributed by atoms with Crippen molar-refractivity contribution >= 4 is 0 Å². The fraction of sp³-hybridized carbons (Fsp3) is 0.625. The van der Waals surface area contributed by atoms with Gasteiger partial charge in [-0.25, -0.2) is 0 Å². The van der Waals surface area contributed by atoms with Gasteiger partial charge in [0.25, 0.3) is 0 Å². The van der Waals surface area contributed by atoms with Crippen LogP contribution in [0.4, 0.5) is 0 Å². The second-order valence-electron chi connectivity index (χ2n) is 4.86. The second-order valence-corrected chi connectivity index (χ2v) is 4.86. The van der Waals surface area contributed by atoms with E-state index in [1.54, 1.807) is 0 Å². The quantitative estimate of drug-likeness (QED) is 0.914. The normalized spacial score (nSPS) is 41.7. The van der Waals surface area contributed by atoms with Crippen LogP contribution in [0.5, 0.6) is 5.75 Å². The summed E-state index contributed by atoms with van der Waals surface area (Å²) in [5.74, 6) is -2.36. The molecule has 1 aromatic rings. The van der Waals surface area contributed by atoms with Gasteiger partial charge in [-0.1, -0.05) is 25.0 Å². The van der Waals surface area contributed by atoms with Crippen molar-refractivity contribution in [2.75, 3.05) is 27.6 Å². The predicted molar refractivity (Wildman–Crippen MR) is 77.4 cm³/mol. The van der Waals surface area contributed by atoms with Gasteiger partial charge in [-0.05, 0) is 44.6 Å². The maximum atomic E-state index is 11.6. The summed E-state index contributed by atoms with van der Waals surface area (Å²) in [7, 11) is 0.118. The maximum absolute atomic E-state index is 11.6. The van der Waals surface area contributed by atoms with Crippen LogP contribution in [-0.4, -0.2) is 37.6 Å². The molecular weight excluding hydrogens is 238 g/mol. The molecule has 1 aliphatic rings. The van der Waals surface area contributed by atoms with Crippen LogP contribution < -0.4 is 4.74 Å². The fourth-order valence-electron chi connectivity index (χ4n) is 2.29. The molecule has 1 fully saturated rings. The number of nitrogens with zero attached hydrogens (tertiary/aromatic N) is 1. The Balaban J connectivity index is 2.68. The van der Waals surface area contributed by atoms with Crippen LogP contribution in [-0.2, 0) is 5.60 Å². The summed E-state index contributed by atoms with van der Waals surface area (Å²) in [6.07, 6.45) is -2.21. The molecule has 0 aliphatic heterocycles. The molecule has 3 nitrogen and oxygen atoms in total. The third-order valence-electron chi connectivity index (χ3n) is 3.15. The van der Waals surface area contributed by atoms with E-state index >= 15 is 0 Å². The number of hydrogen-bond acceptors (Lipinski definition) is 3. The lowest BCUT2D eigenvalue weighted by molar-refractivity contribution is -0.0619. The van der Waals surface area contributed by atoms with E-state index in [1.165, 1.54) is 38.4 Å². The molecule has 0 bridgehead atoms. The van der Waals surface area contributed by atoms with Crippen molar-refractivity contribution in [2.45, 2.75) is 31.2 Å². The zero-order valence-electron chi connectivity index (χ0n) is 19.2. The van der Waals surface area contributed by atoms with Crippen molar-refractivity contribution in [3.05, 3.63) is 29.8 Å². The highest BCUT2D eigenvalue weighted by molar-refractivity contribution is 5.33. The van der Waals surface area contributed by atoms with Crippen LogP contribution >= 0.6 is 0 Å². The lowest BCUT2D eigenvalue weighted by Crippen LogP contribution is -2.43. The van der Waals surface area contributed by atoms with Crippen LogP contribution in [0.3, 0.4) is 0 Å². The zero-order valence-corrected chi connectivity index (χ0v) is 11.2. The summed E-state index contributed by atoms with van der Waals surface area (Å²) < 4.78 is 69.0. The molecule has 3 heteroatoms. The molecule has 19 heavy (non-hydrogen) atoms. The van der Waals surface area contributed by atoms with Gasteiger partial charge >= 0.3 is 0 Å². The van der Waals surface area contributed by atoms with Gasteiger partial charge < -0.3 is 14.7 Å². The standard InChI is InChI=1S/C16H25NO2/c1-17(2)12-14-7-4-5-10-16(14,18)13-8-6-9-15(11-13)19-3/h6,8-9,11,14,18H,4-5,7,10,12H2,1-3H3/t14-,16+/m0/s1/i3D3,10D2,12D2,14D. The molecule has 2 rings (SSSR count). The minimum atomic E-state index is -2.73. The molecule has 106 valence electrons. The summed E-state index contributed by atoms with van der Waals surface area (Å²) in [5, 5.41) is 11.6. The van der Waals surface area contributed by atoms with Gasteiger partial charge in [0.1, 0.15) is 5.75 Å². The monoisotopic (exact) mass is 271 g/mol. The topological polar surface area (TPSA) is 32.7 Å². The Morgan fingerprint density at radius 1 is 1.63 bits per heavy atom. The molecule has 0 spiro atoms. The third kappa shape index (κ3) is 3.10. The Labute approximate surface area is 127 Å². The number of ether oxygens (including phenoxy) is 1. The van der Waals surface area contributed by atoms with Crippen LogP contribution in [0, 0.1) is 5.89 Å². The van der Waals surface area contributed by atoms with Crippen molar-refractivity contribution in [3.8, 4) is 5.75 Å². The summed E-state index contributed by atoms with van der Waals surface area (Å²) in [4.78, 5) is 1.15. The van der Waals surface area contributed by atoms with Gasteiger partial charge in [0, 0.05) is 19.2 Å². The number of benzene rings is 1. The van der Waals surface area contributed by atoms with Crippen molar-refractivity contribution < 1.29 is 20.8 Å². The van der Waals surface area contributed by atoms with E-state index in [0.717, 1.165) is 4.90 Å². The minimum Gasteiger partial charge on any atom is -0.497 e. The lowest BCUT2D eigenvalue weighted by atomic mass is 9.71. The van der Waals surface area contributed by atoms with Gasteiger partial charge in [0.15, 0.2) is 0 Å². The van der Waals surface area contributed by atoms with Crippen molar-refractivity contribution in [2.24, 2.45) is 5.89 Å². The molecule has 1 saturated carbocycles. The van der Waals surface area contributed by atoms with E-state index in [1.807, 2.05) is 0 Å². The smallest absolute Gasteiger partial charge is 0.119 e. The molecule has 1 N–H and O–H groups in total. The highest BCUT2D eigenvalue weighted by Crippen LogP contribution is 2.42. The number of aliphatic hydroxyl groups is 1. The van der Waals surface area contributed by atoms with E-state index in [0.29, 0.717) is 0 Å². The SMILES string of the molecule is [2H]C([2H])([2H])Oc1cccc([C@]2(O)C([2H])([2H])CCC[C@@]2([2H])C([2H])([2H])N(C)C)c1. The van der Waals surface area contributed by atoms with Gasteiger partial charge in [-0.3, -0.25) is 0 Å². The molecule has 1 aromatic carbocycles. The van der Waals surface area contributed by atoms with Crippen LogP contribution in [0.15, 0.2) is 24.3 Å². The molecule has 0 saturated heterocycles. The highest BCUT2D eigenvalue weighted by atomic mass is 16.5. The molecule has 0 aromatic heterocycles. The summed E-state index contributed by atoms with van der Waals surface area (Å²) >= 11 is 0. The number of hydrogen-bond donors (Lipinski definition) is 1. The molecule has 0 heterocycles. The first-order valence-corrected chi connectivity index (χ1v) is 6.28. The average Bonchev–Trinajstić information content (AvgIpc) is 2.50. The lowest BCUT2D eigenvalue weighted by Gasteiger charge is -2.41. The number of rotatable bonds is 4. The number of methoxy groups -OCH3 is 1. The van der Waals surface area contributed by atoms with Crippen molar-refractivity contribution in [1.29, 1.82) is 0 Å². The average molecular weight is 271 g/mol. The van der Waals surface area contributed by atoms with E-state index in [9.17, 15) is 5.11 Å². The van der Waals surface area contributed by atoms with E-state index in [2.05, 4.69) is 0 Å². The van der Waals surface area contributed by atoms with Gasteiger partial charge in [0.2, 0.25) is 0 Å². The Hall–Kier alpha value is -1.06. The molecular formula is C16H25NO2. The van der Waals surface area contributed by atoms with E-state index in [4.69, 9.17) is 15.7 Å². The molecule has 0 amide bonds. The predicted octanol–water partition coefficient (Wildman–Crippen LogP) is 2.63. The summed E-state index contributed by atoms with van der Waals surface area (Å²) in [5.41, 5.74) is -2.62. The van der Waals surface area contributed by atoms with Gasteiger partial charge in [-0.2, -0.15) is 0 Å². The van der Waals surface area contributed by atoms with Crippen LogP contribution in [0.1, 0.15) is 42.2 Å². The molecule has 1 aliphatic carbocycles. The first-order valence-electron chi connectivity index (χ1n) is 10.3. The summed E-state index contributed by atoms with van der Waals surface area (Å²) in [6, 6.07) is 5.28. The van der Waals surface area contributed by atoms with Crippen LogP contribution in [0.25, 0.3) is 0 Å². The van der Waals surface area contributed by atoms with Crippen molar-refractivity contribution in [3.63, 3.8) is 0 Å². The van der Waals surface area contributed by atoms with Gasteiger partial charge in [-0.15, -0.1) is 0 Å². The molecule has 2 atom stereocenters. The third-order valence-corrected chi connectivity index (χ3v) is 3.15. The second kappa shape index (κ2) is 5.93. The maximum Gasteiger partial charge on any atom is 0.119 e. The Kier molecular flexibility index (Phi) is 2.21. The van der Waals surface area contributed by atoms with E-state index < -0.39 is 31.4 Å².